The fourth-order valence-electron chi connectivity index (χ4n) is 1.64. The number of hydrogen-bond donors (Lipinski definition) is 2. The number of rotatable bonds is 6. The molecule has 1 aromatic rings. The lowest BCUT2D eigenvalue weighted by molar-refractivity contribution is -0.118. The second-order valence-corrected chi connectivity index (χ2v) is 4.26. The van der Waals surface area contributed by atoms with Crippen molar-refractivity contribution < 1.29 is 9.53 Å². The van der Waals surface area contributed by atoms with E-state index in [1.807, 2.05) is 43.3 Å². The monoisotopic (exact) mass is 251 g/mol. The van der Waals surface area contributed by atoms with Crippen molar-refractivity contribution in [2.75, 3.05) is 38.0 Å². The first kappa shape index (κ1) is 14.5. The second kappa shape index (κ2) is 6.98. The normalized spacial score (nSPS) is 12.0. The third kappa shape index (κ3) is 4.01. The molecule has 0 aliphatic heterocycles. The van der Waals surface area contributed by atoms with Crippen LogP contribution in [0, 0.1) is 0 Å². The van der Waals surface area contributed by atoms with Crippen molar-refractivity contribution in [2.24, 2.45) is 5.73 Å². The van der Waals surface area contributed by atoms with Crippen LogP contribution in [0.3, 0.4) is 0 Å². The van der Waals surface area contributed by atoms with Crippen molar-refractivity contribution in [3.8, 4) is 0 Å². The molecule has 0 heterocycles. The van der Waals surface area contributed by atoms with Crippen LogP contribution in [0.5, 0.6) is 0 Å². The second-order valence-electron chi connectivity index (χ2n) is 4.26. The van der Waals surface area contributed by atoms with Crippen molar-refractivity contribution in [1.29, 1.82) is 0 Å². The Labute approximate surface area is 108 Å². The summed E-state index contributed by atoms with van der Waals surface area (Å²) in [5.74, 6) is -0.0957. The first-order valence-electron chi connectivity index (χ1n) is 5.87. The van der Waals surface area contributed by atoms with Gasteiger partial charge in [-0.25, -0.2) is 0 Å². The van der Waals surface area contributed by atoms with Gasteiger partial charge >= 0.3 is 0 Å². The summed E-state index contributed by atoms with van der Waals surface area (Å²) in [5, 5.41) is 2.87. The van der Waals surface area contributed by atoms with Gasteiger partial charge in [-0.1, -0.05) is 12.1 Å². The van der Waals surface area contributed by atoms with Gasteiger partial charge in [0.1, 0.15) is 0 Å². The van der Waals surface area contributed by atoms with E-state index in [0.717, 1.165) is 11.4 Å². The Balaban J connectivity index is 2.70. The highest BCUT2D eigenvalue weighted by molar-refractivity contribution is 5.94. The summed E-state index contributed by atoms with van der Waals surface area (Å²) in [6.07, 6.45) is 0.0194. The highest BCUT2D eigenvalue weighted by atomic mass is 16.5. The fourth-order valence-corrected chi connectivity index (χ4v) is 1.64. The van der Waals surface area contributed by atoms with Crippen LogP contribution in [-0.4, -0.2) is 39.8 Å². The van der Waals surface area contributed by atoms with E-state index in [9.17, 15) is 4.79 Å². The molecule has 0 aliphatic carbocycles. The van der Waals surface area contributed by atoms with Crippen LogP contribution in [0.25, 0.3) is 0 Å². The van der Waals surface area contributed by atoms with E-state index in [4.69, 9.17) is 10.5 Å². The standard InChI is InChI=1S/C13H21N3O2/c1-16(2)12-7-5-4-6-11(12)15-13(17)8-10(9-14)18-3/h4-7,10H,8-9,14H2,1-3H3,(H,15,17). The maximum Gasteiger partial charge on any atom is 0.227 e. The van der Waals surface area contributed by atoms with E-state index in [0.29, 0.717) is 6.54 Å². The number of amides is 1. The van der Waals surface area contributed by atoms with Gasteiger partial charge < -0.3 is 20.7 Å². The lowest BCUT2D eigenvalue weighted by Gasteiger charge is -2.18. The molecule has 100 valence electrons. The van der Waals surface area contributed by atoms with Crippen LogP contribution in [0.15, 0.2) is 24.3 Å². The molecule has 0 aromatic heterocycles. The zero-order chi connectivity index (χ0) is 13.5. The van der Waals surface area contributed by atoms with Crippen LogP contribution in [0.4, 0.5) is 11.4 Å². The minimum absolute atomic E-state index is 0.0957. The number of ether oxygens (including phenoxy) is 1. The fraction of sp³-hybridized carbons (Fsp3) is 0.462. The Morgan fingerprint density at radius 1 is 1.44 bits per heavy atom. The van der Waals surface area contributed by atoms with Gasteiger partial charge in [0.25, 0.3) is 0 Å². The molecule has 18 heavy (non-hydrogen) atoms. The molecular weight excluding hydrogens is 230 g/mol. The number of carbonyl (C=O) groups is 1. The van der Waals surface area contributed by atoms with E-state index in [2.05, 4.69) is 5.32 Å². The quantitative estimate of drug-likeness (QED) is 0.793. The number of nitrogens with zero attached hydrogens (tertiary/aromatic N) is 1. The third-order valence-corrected chi connectivity index (χ3v) is 2.67. The van der Waals surface area contributed by atoms with E-state index in [1.165, 1.54) is 0 Å². The van der Waals surface area contributed by atoms with Crippen molar-refractivity contribution in [2.45, 2.75) is 12.5 Å². The van der Waals surface area contributed by atoms with Crippen molar-refractivity contribution >= 4 is 17.3 Å². The van der Waals surface area contributed by atoms with Gasteiger partial charge in [0.05, 0.1) is 23.9 Å². The lowest BCUT2D eigenvalue weighted by atomic mass is 10.2. The van der Waals surface area contributed by atoms with Crippen LogP contribution in [-0.2, 0) is 9.53 Å². The Hall–Kier alpha value is -1.59. The zero-order valence-electron chi connectivity index (χ0n) is 11.1. The molecule has 0 spiro atoms. The zero-order valence-corrected chi connectivity index (χ0v) is 11.1. The van der Waals surface area contributed by atoms with Crippen LogP contribution in [0.2, 0.25) is 0 Å². The predicted molar refractivity (Wildman–Crippen MR) is 73.9 cm³/mol. The maximum atomic E-state index is 11.9. The number of nitrogens with one attached hydrogen (secondary N) is 1. The highest BCUT2D eigenvalue weighted by Crippen LogP contribution is 2.23. The van der Waals surface area contributed by atoms with Crippen molar-refractivity contribution in [1.82, 2.24) is 0 Å². The maximum absolute atomic E-state index is 11.9. The summed E-state index contributed by atoms with van der Waals surface area (Å²) in [6, 6.07) is 7.64. The molecule has 1 atom stereocenters. The molecular formula is C13H21N3O2. The van der Waals surface area contributed by atoms with Gasteiger partial charge in [-0.2, -0.15) is 0 Å². The van der Waals surface area contributed by atoms with Gasteiger partial charge in [0.2, 0.25) is 5.91 Å². The van der Waals surface area contributed by atoms with Crippen LogP contribution in [0.1, 0.15) is 6.42 Å². The molecule has 5 nitrogen and oxygen atoms in total. The molecule has 1 aromatic carbocycles. The van der Waals surface area contributed by atoms with Gasteiger partial charge in [-0.3, -0.25) is 4.79 Å². The van der Waals surface area contributed by atoms with Crippen molar-refractivity contribution in [3.05, 3.63) is 24.3 Å². The Kier molecular flexibility index (Phi) is 5.61. The SMILES string of the molecule is COC(CN)CC(=O)Nc1ccccc1N(C)C. The topological polar surface area (TPSA) is 67.6 Å². The summed E-state index contributed by atoms with van der Waals surface area (Å²) in [6.45, 7) is 0.333. The van der Waals surface area contributed by atoms with E-state index in [-0.39, 0.29) is 18.4 Å². The molecule has 0 fully saturated rings. The number of hydrogen-bond acceptors (Lipinski definition) is 4. The van der Waals surface area contributed by atoms with Gasteiger partial charge in [0.15, 0.2) is 0 Å². The average Bonchev–Trinajstić information content (AvgIpc) is 2.36. The Morgan fingerprint density at radius 3 is 2.67 bits per heavy atom. The van der Waals surface area contributed by atoms with Crippen LogP contribution >= 0.6 is 0 Å². The number of methoxy groups -OCH3 is 1. The van der Waals surface area contributed by atoms with E-state index >= 15 is 0 Å². The molecule has 0 bridgehead atoms. The van der Waals surface area contributed by atoms with Gasteiger partial charge in [-0.15, -0.1) is 0 Å². The number of anilines is 2. The van der Waals surface area contributed by atoms with E-state index in [1.54, 1.807) is 7.11 Å². The summed E-state index contributed by atoms with van der Waals surface area (Å²) in [5.41, 5.74) is 7.25. The van der Waals surface area contributed by atoms with Crippen LogP contribution < -0.4 is 16.0 Å². The molecule has 1 unspecified atom stereocenters. The molecule has 0 aliphatic rings. The molecule has 5 heteroatoms. The third-order valence-electron chi connectivity index (χ3n) is 2.67. The number of carbonyl (C=O) groups excluding carboxylic acids is 1. The molecule has 3 N–H and O–H groups in total. The molecule has 0 saturated heterocycles. The smallest absolute Gasteiger partial charge is 0.227 e. The summed E-state index contributed by atoms with van der Waals surface area (Å²) >= 11 is 0. The summed E-state index contributed by atoms with van der Waals surface area (Å²) in [7, 11) is 5.42. The first-order valence-corrected chi connectivity index (χ1v) is 5.87. The summed E-state index contributed by atoms with van der Waals surface area (Å²) in [4.78, 5) is 13.8. The Bertz CT molecular complexity index is 390. The lowest BCUT2D eigenvalue weighted by Crippen LogP contribution is -2.28. The molecule has 1 amide bonds. The number of nitrogens with two attached hydrogens (primary N) is 1. The predicted octanol–water partition coefficient (Wildman–Crippen LogP) is 1.05. The van der Waals surface area contributed by atoms with Gasteiger partial charge in [0, 0.05) is 27.7 Å². The summed E-state index contributed by atoms with van der Waals surface area (Å²) < 4.78 is 5.09. The molecule has 0 radical (unpaired) electrons. The first-order chi connectivity index (χ1) is 8.58. The number of para-hydroxylation sites is 2. The molecule has 1 rings (SSSR count). The van der Waals surface area contributed by atoms with E-state index < -0.39 is 0 Å². The largest absolute Gasteiger partial charge is 0.380 e. The highest BCUT2D eigenvalue weighted by Gasteiger charge is 2.13. The number of benzene rings is 1. The molecule has 0 saturated carbocycles. The minimum Gasteiger partial charge on any atom is -0.380 e. The Morgan fingerprint density at radius 2 is 2.11 bits per heavy atom. The van der Waals surface area contributed by atoms with Crippen molar-refractivity contribution in [3.63, 3.8) is 0 Å². The average molecular weight is 251 g/mol. The van der Waals surface area contributed by atoms with Gasteiger partial charge in [-0.05, 0) is 12.1 Å². The minimum atomic E-state index is -0.239.